The zero-order valence-electron chi connectivity index (χ0n) is 12.4. The lowest BCUT2D eigenvalue weighted by Gasteiger charge is -2.34. The van der Waals surface area contributed by atoms with Crippen LogP contribution in [0.3, 0.4) is 0 Å². The highest BCUT2D eigenvalue weighted by Gasteiger charge is 2.56. The molecule has 0 saturated carbocycles. The van der Waals surface area contributed by atoms with E-state index in [-0.39, 0.29) is 23.9 Å². The zero-order chi connectivity index (χ0) is 16.0. The lowest BCUT2D eigenvalue weighted by atomic mass is 9.74. The molecule has 2 atom stereocenters. The molecule has 0 bridgehead atoms. The summed E-state index contributed by atoms with van der Waals surface area (Å²) in [5, 5.41) is 9.63. The summed E-state index contributed by atoms with van der Waals surface area (Å²) in [6, 6.07) is 6.77. The second-order valence-electron chi connectivity index (χ2n) is 6.05. The van der Waals surface area contributed by atoms with Crippen LogP contribution in [-0.4, -0.2) is 50.1 Å². The Morgan fingerprint density at radius 2 is 2.14 bits per heavy atom. The van der Waals surface area contributed by atoms with E-state index in [1.165, 1.54) is 4.31 Å². The van der Waals surface area contributed by atoms with Crippen molar-refractivity contribution in [1.29, 1.82) is 0 Å². The van der Waals surface area contributed by atoms with Crippen LogP contribution in [0.4, 0.5) is 0 Å². The Balaban J connectivity index is 1.97. The molecule has 2 saturated heterocycles. The number of rotatable bonds is 3. The number of fused-ring (bicyclic) bond motifs is 1. The van der Waals surface area contributed by atoms with E-state index in [0.717, 1.165) is 0 Å². The number of carboxylic acid groups (broad SMARTS) is 1. The maximum Gasteiger partial charge on any atom is 0.311 e. The Labute approximate surface area is 129 Å². The minimum atomic E-state index is -3.68. The predicted molar refractivity (Wildman–Crippen MR) is 78.9 cm³/mol. The third-order valence-corrected chi connectivity index (χ3v) is 6.78. The van der Waals surface area contributed by atoms with Crippen LogP contribution in [0.25, 0.3) is 0 Å². The van der Waals surface area contributed by atoms with Gasteiger partial charge in [-0.2, -0.15) is 4.31 Å². The minimum Gasteiger partial charge on any atom is -0.481 e. The van der Waals surface area contributed by atoms with E-state index in [1.54, 1.807) is 31.2 Å². The molecule has 1 aromatic rings. The van der Waals surface area contributed by atoms with E-state index in [9.17, 15) is 18.3 Å². The van der Waals surface area contributed by atoms with Crippen LogP contribution in [-0.2, 0) is 19.6 Å². The number of carbonyl (C=O) groups is 1. The highest BCUT2D eigenvalue weighted by Crippen LogP contribution is 2.44. The number of aliphatic carboxylic acids is 1. The number of hydrogen-bond acceptors (Lipinski definition) is 4. The smallest absolute Gasteiger partial charge is 0.311 e. The standard InChI is InChI=1S/C15H19NO5S/c1-11-4-2-3-5-13(11)22(19,20)16-8-12-9-21-7-6-15(12,10-16)14(17)18/h2-5,12H,6-10H2,1H3,(H,17,18)/t12-,15+/m1/s1. The fourth-order valence-electron chi connectivity index (χ4n) is 3.42. The number of ether oxygens (including phenoxy) is 1. The molecule has 3 rings (SSSR count). The van der Waals surface area contributed by atoms with Crippen LogP contribution < -0.4 is 0 Å². The van der Waals surface area contributed by atoms with Crippen molar-refractivity contribution in [3.8, 4) is 0 Å². The summed E-state index contributed by atoms with van der Waals surface area (Å²) in [5.74, 6) is -1.22. The topological polar surface area (TPSA) is 83.9 Å². The van der Waals surface area contributed by atoms with Crippen LogP contribution in [0.15, 0.2) is 29.2 Å². The minimum absolute atomic E-state index is 0.0209. The second-order valence-corrected chi connectivity index (χ2v) is 7.95. The van der Waals surface area contributed by atoms with Crippen LogP contribution >= 0.6 is 0 Å². The van der Waals surface area contributed by atoms with E-state index in [0.29, 0.717) is 25.2 Å². The summed E-state index contributed by atoms with van der Waals surface area (Å²) in [6.07, 6.45) is 0.354. The molecule has 2 aliphatic heterocycles. The first-order valence-electron chi connectivity index (χ1n) is 7.25. The fraction of sp³-hybridized carbons (Fsp3) is 0.533. The normalized spacial score (nSPS) is 29.2. The first-order valence-corrected chi connectivity index (χ1v) is 8.69. The van der Waals surface area contributed by atoms with Gasteiger partial charge in [0.15, 0.2) is 0 Å². The van der Waals surface area contributed by atoms with E-state index >= 15 is 0 Å². The molecule has 120 valence electrons. The van der Waals surface area contributed by atoms with Crippen LogP contribution in [0.1, 0.15) is 12.0 Å². The lowest BCUT2D eigenvalue weighted by molar-refractivity contribution is -0.157. The molecule has 0 aromatic heterocycles. The van der Waals surface area contributed by atoms with Gasteiger partial charge in [-0.15, -0.1) is 0 Å². The Morgan fingerprint density at radius 3 is 2.77 bits per heavy atom. The van der Waals surface area contributed by atoms with E-state index < -0.39 is 21.4 Å². The van der Waals surface area contributed by atoms with Crippen molar-refractivity contribution in [2.45, 2.75) is 18.2 Å². The Bertz CT molecular complexity index is 702. The average Bonchev–Trinajstić information content (AvgIpc) is 2.89. The third kappa shape index (κ3) is 2.24. The predicted octanol–water partition coefficient (Wildman–Crippen LogP) is 1.11. The molecule has 0 aliphatic carbocycles. The Hall–Kier alpha value is -1.44. The SMILES string of the molecule is Cc1ccccc1S(=O)(=O)N1C[C@@H]2COCC[C@]2(C(=O)O)C1. The third-order valence-electron chi connectivity index (χ3n) is 4.81. The molecule has 22 heavy (non-hydrogen) atoms. The molecular formula is C15H19NO5S. The molecule has 2 fully saturated rings. The van der Waals surface area contributed by atoms with Crippen molar-refractivity contribution < 1.29 is 23.1 Å². The first kappa shape index (κ1) is 15.5. The molecule has 0 amide bonds. The van der Waals surface area contributed by atoms with Crippen molar-refractivity contribution >= 4 is 16.0 Å². The first-order chi connectivity index (χ1) is 10.4. The maximum absolute atomic E-state index is 12.9. The van der Waals surface area contributed by atoms with Gasteiger partial charge in [-0.1, -0.05) is 18.2 Å². The molecule has 0 unspecified atom stereocenters. The number of sulfonamides is 1. The average molecular weight is 325 g/mol. The lowest BCUT2D eigenvalue weighted by Crippen LogP contribution is -2.45. The second kappa shape index (κ2) is 5.33. The van der Waals surface area contributed by atoms with Gasteiger partial charge in [0.1, 0.15) is 0 Å². The van der Waals surface area contributed by atoms with Crippen LogP contribution in [0.5, 0.6) is 0 Å². The van der Waals surface area contributed by atoms with Gasteiger partial charge in [0.2, 0.25) is 10.0 Å². The fourth-order valence-corrected chi connectivity index (χ4v) is 5.20. The van der Waals surface area contributed by atoms with Gasteiger partial charge >= 0.3 is 5.97 Å². The summed E-state index contributed by atoms with van der Waals surface area (Å²) in [6.45, 7) is 2.62. The molecule has 0 radical (unpaired) electrons. The molecule has 0 spiro atoms. The van der Waals surface area contributed by atoms with Crippen molar-refractivity contribution in [2.24, 2.45) is 11.3 Å². The molecule has 1 aromatic carbocycles. The molecule has 2 aliphatic rings. The molecule has 7 heteroatoms. The van der Waals surface area contributed by atoms with Gasteiger partial charge in [-0.3, -0.25) is 4.79 Å². The summed E-state index contributed by atoms with van der Waals surface area (Å²) in [5.41, 5.74) is -0.355. The van der Waals surface area contributed by atoms with Crippen LogP contribution in [0.2, 0.25) is 0 Å². The summed E-state index contributed by atoms with van der Waals surface area (Å²) in [7, 11) is -3.68. The number of carboxylic acids is 1. The highest BCUT2D eigenvalue weighted by molar-refractivity contribution is 7.89. The Kier molecular flexibility index (Phi) is 3.74. The van der Waals surface area contributed by atoms with Crippen LogP contribution in [0, 0.1) is 18.3 Å². The number of aryl methyl sites for hydroxylation is 1. The number of benzene rings is 1. The van der Waals surface area contributed by atoms with E-state index in [1.807, 2.05) is 0 Å². The van der Waals surface area contributed by atoms with Crippen molar-refractivity contribution in [3.05, 3.63) is 29.8 Å². The van der Waals surface area contributed by atoms with Gasteiger partial charge in [-0.25, -0.2) is 8.42 Å². The van der Waals surface area contributed by atoms with Crippen molar-refractivity contribution in [1.82, 2.24) is 4.31 Å². The summed E-state index contributed by atoms with van der Waals surface area (Å²) >= 11 is 0. The highest BCUT2D eigenvalue weighted by atomic mass is 32.2. The van der Waals surface area contributed by atoms with E-state index in [2.05, 4.69) is 0 Å². The molecule has 2 heterocycles. The maximum atomic E-state index is 12.9. The van der Waals surface area contributed by atoms with E-state index in [4.69, 9.17) is 4.74 Å². The van der Waals surface area contributed by atoms with Crippen molar-refractivity contribution in [3.63, 3.8) is 0 Å². The monoisotopic (exact) mass is 325 g/mol. The molecular weight excluding hydrogens is 306 g/mol. The quantitative estimate of drug-likeness (QED) is 0.900. The van der Waals surface area contributed by atoms with Gasteiger partial charge in [0.25, 0.3) is 0 Å². The molecule has 1 N–H and O–H groups in total. The van der Waals surface area contributed by atoms with Gasteiger partial charge < -0.3 is 9.84 Å². The summed E-state index contributed by atoms with van der Waals surface area (Å²) < 4.78 is 32.4. The number of hydrogen-bond donors (Lipinski definition) is 1. The van der Waals surface area contributed by atoms with Gasteiger partial charge in [0.05, 0.1) is 16.9 Å². The largest absolute Gasteiger partial charge is 0.481 e. The summed E-state index contributed by atoms with van der Waals surface area (Å²) in [4.78, 5) is 12.0. The van der Waals surface area contributed by atoms with Gasteiger partial charge in [-0.05, 0) is 25.0 Å². The number of nitrogens with zero attached hydrogens (tertiary/aromatic N) is 1. The Morgan fingerprint density at radius 1 is 1.41 bits per heavy atom. The van der Waals surface area contributed by atoms with Gasteiger partial charge in [0, 0.05) is 25.6 Å². The van der Waals surface area contributed by atoms with Crippen molar-refractivity contribution in [2.75, 3.05) is 26.3 Å². The zero-order valence-corrected chi connectivity index (χ0v) is 13.2. The molecule has 6 nitrogen and oxygen atoms in total.